The first-order chi connectivity index (χ1) is 12.8. The van der Waals surface area contributed by atoms with Gasteiger partial charge in [0.25, 0.3) is 5.91 Å². The summed E-state index contributed by atoms with van der Waals surface area (Å²) in [6.45, 7) is 5.28. The molecule has 1 unspecified atom stereocenters. The van der Waals surface area contributed by atoms with Crippen LogP contribution in [0.15, 0.2) is 22.7 Å². The summed E-state index contributed by atoms with van der Waals surface area (Å²) < 4.78 is 6.09. The van der Waals surface area contributed by atoms with Gasteiger partial charge in [-0.1, -0.05) is 0 Å². The summed E-state index contributed by atoms with van der Waals surface area (Å²) >= 11 is 1.97. The molecule has 1 amide bonds. The fourth-order valence-corrected chi connectivity index (χ4v) is 5.37. The number of carbonyl (C=O) groups is 1. The second-order valence-corrected chi connectivity index (χ2v) is 8.81. The van der Waals surface area contributed by atoms with Gasteiger partial charge in [0.2, 0.25) is 0 Å². The molecule has 7 heteroatoms. The number of nitrogens with zero attached hydrogens (tertiary/aromatic N) is 3. The molecule has 3 atom stereocenters. The maximum absolute atomic E-state index is 12.9. The first-order valence-corrected chi connectivity index (χ1v) is 10.7. The van der Waals surface area contributed by atoms with Gasteiger partial charge in [-0.05, 0) is 31.4 Å². The molecule has 5 heterocycles. The Morgan fingerprint density at radius 3 is 3.00 bits per heavy atom. The summed E-state index contributed by atoms with van der Waals surface area (Å²) in [4.78, 5) is 21.9. The fourth-order valence-electron chi connectivity index (χ4n) is 4.47. The topological polar surface area (TPSA) is 61.6 Å². The van der Waals surface area contributed by atoms with Gasteiger partial charge in [0.05, 0.1) is 0 Å². The third-order valence-electron chi connectivity index (χ3n) is 5.76. The molecule has 0 radical (unpaired) electrons. The molecule has 0 saturated carbocycles. The number of fused-ring (bicyclic) bond motifs is 3. The van der Waals surface area contributed by atoms with E-state index in [0.29, 0.717) is 11.3 Å². The number of pyridine rings is 1. The summed E-state index contributed by atoms with van der Waals surface area (Å²) in [5.74, 6) is 3.69. The molecule has 3 fully saturated rings. The van der Waals surface area contributed by atoms with Crippen LogP contribution in [0.4, 0.5) is 5.88 Å². The predicted octanol–water partition coefficient (Wildman–Crippen LogP) is 2.21. The van der Waals surface area contributed by atoms with Crippen molar-refractivity contribution in [3.63, 3.8) is 0 Å². The number of nitrogens with one attached hydrogen (secondary N) is 1. The van der Waals surface area contributed by atoms with Crippen molar-refractivity contribution < 1.29 is 9.21 Å². The zero-order valence-corrected chi connectivity index (χ0v) is 15.6. The van der Waals surface area contributed by atoms with Crippen molar-refractivity contribution in [1.82, 2.24) is 15.2 Å². The monoisotopic (exact) mass is 372 g/mol. The number of hydrogen-bond acceptors (Lipinski definition) is 6. The smallest absolute Gasteiger partial charge is 0.274 e. The van der Waals surface area contributed by atoms with E-state index in [2.05, 4.69) is 20.1 Å². The molecule has 3 saturated heterocycles. The lowest BCUT2D eigenvalue weighted by Gasteiger charge is -2.30. The van der Waals surface area contributed by atoms with Gasteiger partial charge in [-0.15, -0.1) is 0 Å². The molecule has 26 heavy (non-hydrogen) atoms. The maximum atomic E-state index is 12.9. The molecule has 3 aliphatic rings. The molecule has 0 aromatic carbocycles. The highest BCUT2D eigenvalue weighted by Crippen LogP contribution is 2.30. The zero-order valence-electron chi connectivity index (χ0n) is 14.8. The average Bonchev–Trinajstić information content (AvgIpc) is 3.25. The molecule has 0 spiro atoms. The average molecular weight is 372 g/mol. The summed E-state index contributed by atoms with van der Waals surface area (Å²) in [5, 5.41) is 4.15. The first kappa shape index (κ1) is 16.4. The van der Waals surface area contributed by atoms with Crippen LogP contribution in [0.2, 0.25) is 0 Å². The predicted molar refractivity (Wildman–Crippen MR) is 104 cm³/mol. The van der Waals surface area contributed by atoms with Crippen LogP contribution in [0.1, 0.15) is 23.3 Å². The lowest BCUT2D eigenvalue weighted by Crippen LogP contribution is -2.47. The summed E-state index contributed by atoms with van der Waals surface area (Å²) in [6, 6.07) is 4.18. The summed E-state index contributed by atoms with van der Waals surface area (Å²) in [7, 11) is 0. The van der Waals surface area contributed by atoms with Crippen LogP contribution in [0.3, 0.4) is 0 Å². The van der Waals surface area contributed by atoms with Gasteiger partial charge in [-0.3, -0.25) is 4.79 Å². The number of thioether (sulfide) groups is 1. The van der Waals surface area contributed by atoms with E-state index in [9.17, 15) is 4.79 Å². The van der Waals surface area contributed by atoms with Crippen molar-refractivity contribution in [2.24, 2.45) is 5.92 Å². The van der Waals surface area contributed by atoms with Crippen LogP contribution in [-0.4, -0.2) is 66.1 Å². The minimum atomic E-state index is -0.113. The molecular weight excluding hydrogens is 348 g/mol. The third kappa shape index (κ3) is 3.07. The quantitative estimate of drug-likeness (QED) is 0.891. The summed E-state index contributed by atoms with van der Waals surface area (Å²) in [6.07, 6.45) is 4.04. The Morgan fingerprint density at radius 2 is 2.15 bits per heavy atom. The second-order valence-electron chi connectivity index (χ2n) is 7.58. The van der Waals surface area contributed by atoms with Gasteiger partial charge in [0.15, 0.2) is 17.2 Å². The van der Waals surface area contributed by atoms with Crippen molar-refractivity contribution in [2.45, 2.75) is 18.9 Å². The minimum absolute atomic E-state index is 0.113. The molecule has 1 N–H and O–H groups in total. The van der Waals surface area contributed by atoms with E-state index in [-0.39, 0.29) is 11.9 Å². The standard InChI is InChI=1S/C19H24N4O2S/c24-19(21-15-9-13-2-4-22(11-13)12-15)17-18-14(1-3-20-17)10-16(25-18)23-5-7-26-8-6-23/h1,3,10,13,15H,2,4-9,11-12H2,(H,21,24)/t13-,15-/m1/s1. The van der Waals surface area contributed by atoms with Crippen LogP contribution in [0.5, 0.6) is 0 Å². The van der Waals surface area contributed by atoms with Crippen LogP contribution >= 0.6 is 11.8 Å². The van der Waals surface area contributed by atoms with E-state index in [1.165, 1.54) is 19.5 Å². The first-order valence-electron chi connectivity index (χ1n) is 9.51. The zero-order chi connectivity index (χ0) is 17.5. The van der Waals surface area contributed by atoms with Crippen LogP contribution in [0.25, 0.3) is 11.0 Å². The Hall–Kier alpha value is -1.73. The molecule has 5 rings (SSSR count). The Labute approximate surface area is 157 Å². The third-order valence-corrected chi connectivity index (χ3v) is 6.70. The molecule has 2 aromatic heterocycles. The highest BCUT2D eigenvalue weighted by atomic mass is 32.2. The number of rotatable bonds is 3. The number of hydrogen-bond donors (Lipinski definition) is 1. The lowest BCUT2D eigenvalue weighted by molar-refractivity contribution is 0.0905. The number of furan rings is 1. The fraction of sp³-hybridized carbons (Fsp3) is 0.579. The number of anilines is 1. The van der Waals surface area contributed by atoms with E-state index in [1.54, 1.807) is 6.20 Å². The Balaban J connectivity index is 1.37. The molecule has 2 bridgehead atoms. The van der Waals surface area contributed by atoms with Gasteiger partial charge in [-0.2, -0.15) is 11.8 Å². The van der Waals surface area contributed by atoms with E-state index >= 15 is 0 Å². The molecular formula is C19H24N4O2S. The molecule has 0 aliphatic carbocycles. The van der Waals surface area contributed by atoms with Crippen molar-refractivity contribution in [2.75, 3.05) is 49.1 Å². The molecule has 3 aliphatic heterocycles. The Bertz CT molecular complexity index is 805. The minimum Gasteiger partial charge on any atom is -0.438 e. The van der Waals surface area contributed by atoms with Crippen molar-refractivity contribution in [3.8, 4) is 0 Å². The van der Waals surface area contributed by atoms with Gasteiger partial charge in [-0.25, -0.2) is 4.98 Å². The van der Waals surface area contributed by atoms with Crippen LogP contribution in [0, 0.1) is 5.92 Å². The van der Waals surface area contributed by atoms with Crippen LogP contribution < -0.4 is 10.2 Å². The van der Waals surface area contributed by atoms with Crippen molar-refractivity contribution in [1.29, 1.82) is 0 Å². The number of amides is 1. The van der Waals surface area contributed by atoms with Gasteiger partial charge in [0.1, 0.15) is 0 Å². The normalized spacial score (nSPS) is 28.5. The van der Waals surface area contributed by atoms with Gasteiger partial charge < -0.3 is 19.5 Å². The lowest BCUT2D eigenvalue weighted by atomic mass is 9.97. The maximum Gasteiger partial charge on any atom is 0.274 e. The van der Waals surface area contributed by atoms with E-state index in [1.807, 2.05) is 23.9 Å². The highest BCUT2D eigenvalue weighted by molar-refractivity contribution is 7.99. The SMILES string of the molecule is O=C(N[C@@H]1C[C@H]2CCN(C2)C1)c1nccc2cc(N3CCSCC3)oc12. The Morgan fingerprint density at radius 1 is 1.27 bits per heavy atom. The molecule has 6 nitrogen and oxygen atoms in total. The highest BCUT2D eigenvalue weighted by Gasteiger charge is 2.33. The van der Waals surface area contributed by atoms with Gasteiger partial charge >= 0.3 is 0 Å². The molecule has 138 valence electrons. The van der Waals surface area contributed by atoms with E-state index in [0.717, 1.165) is 54.7 Å². The van der Waals surface area contributed by atoms with E-state index in [4.69, 9.17) is 4.42 Å². The van der Waals surface area contributed by atoms with Gasteiger partial charge in [0, 0.05) is 61.4 Å². The van der Waals surface area contributed by atoms with Crippen molar-refractivity contribution >= 4 is 34.5 Å². The second kappa shape index (κ2) is 6.78. The van der Waals surface area contributed by atoms with E-state index < -0.39 is 0 Å². The van der Waals surface area contributed by atoms with Crippen molar-refractivity contribution in [3.05, 3.63) is 24.0 Å². The number of carbonyl (C=O) groups excluding carboxylic acids is 1. The van der Waals surface area contributed by atoms with Crippen LogP contribution in [-0.2, 0) is 0 Å². The number of piperidine rings is 1. The largest absolute Gasteiger partial charge is 0.438 e. The molecule has 2 aromatic rings. The number of aromatic nitrogens is 1. The summed E-state index contributed by atoms with van der Waals surface area (Å²) in [5.41, 5.74) is 1.02. The Kier molecular flexibility index (Phi) is 4.29.